The molecule has 2 aliphatic heterocycles. The van der Waals surface area contributed by atoms with E-state index in [1.165, 1.54) is 0 Å². The number of likely N-dealkylation sites (N-methyl/N-ethyl adjacent to an activating group) is 1. The summed E-state index contributed by atoms with van der Waals surface area (Å²) in [7, 11) is 0. The van der Waals surface area contributed by atoms with E-state index in [1.807, 2.05) is 4.90 Å². The van der Waals surface area contributed by atoms with Gasteiger partial charge >= 0.3 is 0 Å². The zero-order valence-corrected chi connectivity index (χ0v) is 9.92. The minimum atomic E-state index is -0.423. The highest BCUT2D eigenvalue weighted by Gasteiger charge is 2.61. The maximum atomic E-state index is 12.1. The second-order valence-electron chi connectivity index (χ2n) is 5.38. The lowest BCUT2D eigenvalue weighted by molar-refractivity contribution is -0.193. The van der Waals surface area contributed by atoms with Crippen LogP contribution in [0.4, 0.5) is 0 Å². The van der Waals surface area contributed by atoms with Crippen LogP contribution in [0, 0.1) is 0 Å². The standard InChI is InChI=1S/C12H20N2O2/c1-2-14-9-11(4-3-7-13-8-11)16-12(5-6-12)10(14)15/h13H,2-9H2,1H3. The number of carbonyl (C=O) groups is 1. The van der Waals surface area contributed by atoms with Gasteiger partial charge in [-0.3, -0.25) is 4.79 Å². The van der Waals surface area contributed by atoms with Gasteiger partial charge in [-0.2, -0.15) is 0 Å². The summed E-state index contributed by atoms with van der Waals surface area (Å²) in [4.78, 5) is 14.1. The van der Waals surface area contributed by atoms with E-state index in [1.54, 1.807) is 0 Å². The fourth-order valence-corrected chi connectivity index (χ4v) is 3.05. The summed E-state index contributed by atoms with van der Waals surface area (Å²) < 4.78 is 6.20. The van der Waals surface area contributed by atoms with Crippen LogP contribution in [0.25, 0.3) is 0 Å². The van der Waals surface area contributed by atoms with Crippen LogP contribution in [0.5, 0.6) is 0 Å². The minimum Gasteiger partial charge on any atom is -0.356 e. The number of piperidine rings is 1. The first-order chi connectivity index (χ1) is 7.70. The van der Waals surface area contributed by atoms with Crippen molar-refractivity contribution in [2.45, 2.75) is 43.8 Å². The van der Waals surface area contributed by atoms with Gasteiger partial charge in [0.2, 0.25) is 0 Å². The maximum absolute atomic E-state index is 12.1. The highest BCUT2D eigenvalue weighted by atomic mass is 16.5. The molecule has 4 heteroatoms. The van der Waals surface area contributed by atoms with Gasteiger partial charge in [0.25, 0.3) is 5.91 Å². The zero-order chi connectivity index (χ0) is 11.2. The molecule has 0 radical (unpaired) electrons. The van der Waals surface area contributed by atoms with Crippen molar-refractivity contribution in [2.24, 2.45) is 0 Å². The third-order valence-corrected chi connectivity index (χ3v) is 4.09. The zero-order valence-electron chi connectivity index (χ0n) is 9.92. The van der Waals surface area contributed by atoms with Gasteiger partial charge in [-0.05, 0) is 39.2 Å². The smallest absolute Gasteiger partial charge is 0.254 e. The van der Waals surface area contributed by atoms with Crippen LogP contribution in [0.1, 0.15) is 32.6 Å². The molecule has 0 aromatic carbocycles. The Hall–Kier alpha value is -0.610. The molecule has 3 fully saturated rings. The fourth-order valence-electron chi connectivity index (χ4n) is 3.05. The Bertz CT molecular complexity index is 306. The van der Waals surface area contributed by atoms with E-state index >= 15 is 0 Å². The number of carbonyl (C=O) groups excluding carboxylic acids is 1. The number of morpholine rings is 1. The number of nitrogens with one attached hydrogen (secondary N) is 1. The highest BCUT2D eigenvalue weighted by Crippen LogP contribution is 2.48. The molecule has 4 nitrogen and oxygen atoms in total. The Balaban J connectivity index is 1.84. The van der Waals surface area contributed by atoms with Gasteiger partial charge in [-0.15, -0.1) is 0 Å². The van der Waals surface area contributed by atoms with Gasteiger partial charge in [0.05, 0.1) is 12.1 Å². The molecule has 1 unspecified atom stereocenters. The van der Waals surface area contributed by atoms with Gasteiger partial charge in [0.15, 0.2) is 0 Å². The molecule has 90 valence electrons. The number of amides is 1. The number of rotatable bonds is 1. The third kappa shape index (κ3) is 1.47. The Morgan fingerprint density at radius 3 is 2.81 bits per heavy atom. The van der Waals surface area contributed by atoms with Crippen molar-refractivity contribution in [2.75, 3.05) is 26.2 Å². The Morgan fingerprint density at radius 1 is 1.44 bits per heavy atom. The first-order valence-electron chi connectivity index (χ1n) is 6.40. The average molecular weight is 224 g/mol. The third-order valence-electron chi connectivity index (χ3n) is 4.09. The summed E-state index contributed by atoms with van der Waals surface area (Å²) >= 11 is 0. The topological polar surface area (TPSA) is 41.6 Å². The Kier molecular flexibility index (Phi) is 2.27. The SMILES string of the molecule is CCN1CC2(CCCNC2)OC2(CC2)C1=O. The predicted molar refractivity (Wildman–Crippen MR) is 60.1 cm³/mol. The number of nitrogens with zero attached hydrogens (tertiary/aromatic N) is 1. The van der Waals surface area contributed by atoms with E-state index in [9.17, 15) is 4.79 Å². The van der Waals surface area contributed by atoms with Crippen LogP contribution in [0.15, 0.2) is 0 Å². The summed E-state index contributed by atoms with van der Waals surface area (Å²) in [6.07, 6.45) is 4.08. The van der Waals surface area contributed by atoms with Crippen molar-refractivity contribution in [3.8, 4) is 0 Å². The van der Waals surface area contributed by atoms with E-state index in [4.69, 9.17) is 4.74 Å². The first-order valence-corrected chi connectivity index (χ1v) is 6.40. The molecular weight excluding hydrogens is 204 g/mol. The van der Waals surface area contributed by atoms with E-state index < -0.39 is 5.60 Å². The summed E-state index contributed by atoms with van der Waals surface area (Å²) in [6, 6.07) is 0. The van der Waals surface area contributed by atoms with E-state index in [0.717, 1.165) is 51.9 Å². The minimum absolute atomic E-state index is 0.0985. The molecule has 0 bridgehead atoms. The van der Waals surface area contributed by atoms with Crippen LogP contribution in [0.3, 0.4) is 0 Å². The van der Waals surface area contributed by atoms with Crippen LogP contribution in [-0.2, 0) is 9.53 Å². The molecular formula is C12H20N2O2. The van der Waals surface area contributed by atoms with Crippen molar-refractivity contribution < 1.29 is 9.53 Å². The normalized spacial score (nSPS) is 37.1. The van der Waals surface area contributed by atoms with Crippen molar-refractivity contribution in [1.82, 2.24) is 10.2 Å². The maximum Gasteiger partial charge on any atom is 0.254 e. The summed E-state index contributed by atoms with van der Waals surface area (Å²) in [6.45, 7) is 5.63. The van der Waals surface area contributed by atoms with Crippen molar-refractivity contribution in [3.63, 3.8) is 0 Å². The van der Waals surface area contributed by atoms with Gasteiger partial charge < -0.3 is 15.0 Å². The molecule has 2 saturated heterocycles. The second-order valence-corrected chi connectivity index (χ2v) is 5.38. The lowest BCUT2D eigenvalue weighted by Crippen LogP contribution is -2.64. The van der Waals surface area contributed by atoms with E-state index in [2.05, 4.69) is 12.2 Å². The summed E-state index contributed by atoms with van der Waals surface area (Å²) in [5.74, 6) is 0.228. The monoisotopic (exact) mass is 224 g/mol. The van der Waals surface area contributed by atoms with Crippen LogP contribution in [-0.4, -0.2) is 48.2 Å². The molecule has 3 rings (SSSR count). The van der Waals surface area contributed by atoms with Crippen molar-refractivity contribution >= 4 is 5.91 Å². The second kappa shape index (κ2) is 3.44. The number of ether oxygens (including phenoxy) is 1. The summed E-state index contributed by atoms with van der Waals surface area (Å²) in [5, 5.41) is 3.41. The number of hydrogen-bond donors (Lipinski definition) is 1. The predicted octanol–water partition coefficient (Wildman–Crippen LogP) is 0.520. The molecule has 1 aliphatic carbocycles. The van der Waals surface area contributed by atoms with Crippen LogP contribution < -0.4 is 5.32 Å². The molecule has 2 heterocycles. The fraction of sp³-hybridized carbons (Fsp3) is 0.917. The largest absolute Gasteiger partial charge is 0.356 e. The van der Waals surface area contributed by atoms with Crippen molar-refractivity contribution in [1.29, 1.82) is 0 Å². The van der Waals surface area contributed by atoms with Crippen molar-refractivity contribution in [3.05, 3.63) is 0 Å². The molecule has 3 aliphatic rings. The van der Waals surface area contributed by atoms with E-state index in [-0.39, 0.29) is 11.5 Å². The van der Waals surface area contributed by atoms with Gasteiger partial charge in [0.1, 0.15) is 5.60 Å². The lowest BCUT2D eigenvalue weighted by Gasteiger charge is -2.48. The Labute approximate surface area is 96.3 Å². The molecule has 0 aromatic heterocycles. The molecule has 2 spiro atoms. The van der Waals surface area contributed by atoms with Gasteiger partial charge in [0, 0.05) is 13.1 Å². The van der Waals surface area contributed by atoms with Gasteiger partial charge in [-0.25, -0.2) is 0 Å². The van der Waals surface area contributed by atoms with E-state index in [0.29, 0.717) is 0 Å². The Morgan fingerprint density at radius 2 is 2.25 bits per heavy atom. The molecule has 0 aromatic rings. The summed E-state index contributed by atoms with van der Waals surface area (Å²) in [5.41, 5.74) is -0.522. The van der Waals surface area contributed by atoms with Gasteiger partial charge in [-0.1, -0.05) is 0 Å². The molecule has 16 heavy (non-hydrogen) atoms. The molecule has 1 saturated carbocycles. The number of hydrogen-bond acceptors (Lipinski definition) is 3. The molecule has 1 N–H and O–H groups in total. The molecule has 1 atom stereocenters. The molecule has 1 amide bonds. The highest BCUT2D eigenvalue weighted by molar-refractivity contribution is 5.89. The van der Waals surface area contributed by atoms with Crippen LogP contribution >= 0.6 is 0 Å². The van der Waals surface area contributed by atoms with Crippen LogP contribution in [0.2, 0.25) is 0 Å². The average Bonchev–Trinajstić information content (AvgIpc) is 3.06. The lowest BCUT2D eigenvalue weighted by atomic mass is 9.90. The first kappa shape index (κ1) is 10.5. The quantitative estimate of drug-likeness (QED) is 0.706.